The average molecular weight is 304 g/mol. The van der Waals surface area contributed by atoms with E-state index in [0.717, 1.165) is 6.07 Å². The molecule has 9 heteroatoms. The van der Waals surface area contributed by atoms with Crippen LogP contribution in [0.25, 0.3) is 10.8 Å². The molecule has 0 bridgehead atoms. The van der Waals surface area contributed by atoms with E-state index in [2.05, 4.69) is 5.32 Å². The summed E-state index contributed by atoms with van der Waals surface area (Å²) in [4.78, 5) is 31.2. The molecule has 0 spiro atoms. The van der Waals surface area contributed by atoms with Crippen LogP contribution in [-0.4, -0.2) is 22.4 Å². The number of carbonyl (C=O) groups excluding carboxylic acids is 1. The molecule has 2 aromatic rings. The zero-order valence-electron chi connectivity index (χ0n) is 11.1. The van der Waals surface area contributed by atoms with Gasteiger partial charge in [0.05, 0.1) is 21.3 Å². The Morgan fingerprint density at radius 2 is 1.64 bits per heavy atom. The molecule has 0 saturated carbocycles. The smallest absolute Gasteiger partial charge is 0.299 e. The van der Waals surface area contributed by atoms with E-state index in [0.29, 0.717) is 0 Å². The van der Waals surface area contributed by atoms with Gasteiger partial charge in [-0.3, -0.25) is 20.2 Å². The number of aliphatic carboxylic acids is 1. The summed E-state index contributed by atoms with van der Waals surface area (Å²) in [6, 6.07) is 6.99. The van der Waals surface area contributed by atoms with Crippen molar-refractivity contribution in [1.29, 1.82) is 0 Å². The number of nitro benzene ring substituents is 2. The number of non-ortho nitro benzene ring substituents is 1. The Bertz CT molecular complexity index is 774. The van der Waals surface area contributed by atoms with Crippen LogP contribution in [0.1, 0.15) is 6.42 Å². The lowest BCUT2D eigenvalue weighted by Gasteiger charge is -2.11. The highest BCUT2D eigenvalue weighted by Gasteiger charge is 2.25. The third-order valence-electron chi connectivity index (χ3n) is 3.03. The van der Waals surface area contributed by atoms with E-state index in [1.807, 2.05) is 0 Å². The lowest BCUT2D eigenvalue weighted by atomic mass is 10.0. The number of nitrogens with zero attached hydrogens (tertiary/aromatic N) is 2. The van der Waals surface area contributed by atoms with Gasteiger partial charge in [-0.25, -0.2) is 0 Å². The van der Waals surface area contributed by atoms with Gasteiger partial charge in [-0.2, -0.15) is 0 Å². The summed E-state index contributed by atoms with van der Waals surface area (Å²) >= 11 is 0. The van der Waals surface area contributed by atoms with Crippen LogP contribution in [0.5, 0.6) is 0 Å². The highest BCUT2D eigenvalue weighted by Crippen LogP contribution is 2.39. The van der Waals surface area contributed by atoms with E-state index in [-0.39, 0.29) is 35.1 Å². The fraction of sp³-hybridized carbons (Fsp3) is 0.154. The van der Waals surface area contributed by atoms with Crippen LogP contribution in [0.15, 0.2) is 30.3 Å². The summed E-state index contributed by atoms with van der Waals surface area (Å²) in [5, 5.41) is 35.8. The van der Waals surface area contributed by atoms with Crippen molar-refractivity contribution < 1.29 is 19.7 Å². The van der Waals surface area contributed by atoms with Crippen LogP contribution in [0.2, 0.25) is 0 Å². The Labute approximate surface area is 123 Å². The quantitative estimate of drug-likeness (QED) is 0.625. The molecule has 1 N–H and O–H groups in total. The maximum absolute atomic E-state index is 11.2. The summed E-state index contributed by atoms with van der Waals surface area (Å²) in [5.41, 5.74) is -0.816. The molecule has 0 unspecified atom stereocenters. The van der Waals surface area contributed by atoms with Crippen molar-refractivity contribution in [2.45, 2.75) is 6.42 Å². The molecule has 0 aliphatic rings. The normalized spacial score (nSPS) is 10.4. The molecule has 2 rings (SSSR count). The number of rotatable bonds is 6. The number of anilines is 1. The first-order valence-electron chi connectivity index (χ1n) is 6.20. The first-order valence-corrected chi connectivity index (χ1v) is 6.20. The van der Waals surface area contributed by atoms with Crippen molar-refractivity contribution in [1.82, 2.24) is 0 Å². The van der Waals surface area contributed by atoms with Gasteiger partial charge in [-0.15, -0.1) is 0 Å². The highest BCUT2D eigenvalue weighted by molar-refractivity contribution is 6.03. The van der Waals surface area contributed by atoms with Gasteiger partial charge in [0.2, 0.25) is 0 Å². The predicted molar refractivity (Wildman–Crippen MR) is 75.4 cm³/mol. The molecule has 22 heavy (non-hydrogen) atoms. The molecular weight excluding hydrogens is 294 g/mol. The van der Waals surface area contributed by atoms with Crippen LogP contribution < -0.4 is 10.4 Å². The molecule has 0 saturated heterocycles. The van der Waals surface area contributed by atoms with Gasteiger partial charge in [0.25, 0.3) is 11.4 Å². The number of carboxylic acid groups (broad SMARTS) is 1. The number of benzene rings is 2. The summed E-state index contributed by atoms with van der Waals surface area (Å²) in [6.45, 7) is -0.0923. The van der Waals surface area contributed by atoms with Crippen molar-refractivity contribution >= 4 is 33.8 Å². The van der Waals surface area contributed by atoms with Crippen molar-refractivity contribution in [3.63, 3.8) is 0 Å². The minimum absolute atomic E-state index is 0.0486. The third kappa shape index (κ3) is 2.92. The second-order valence-corrected chi connectivity index (χ2v) is 4.40. The molecule has 0 radical (unpaired) electrons. The zero-order chi connectivity index (χ0) is 16.3. The summed E-state index contributed by atoms with van der Waals surface area (Å²) < 4.78 is 0. The van der Waals surface area contributed by atoms with Gasteiger partial charge >= 0.3 is 0 Å². The Kier molecular flexibility index (Phi) is 4.16. The molecule has 0 fully saturated rings. The van der Waals surface area contributed by atoms with Crippen LogP contribution in [0.3, 0.4) is 0 Å². The maximum atomic E-state index is 11.2. The van der Waals surface area contributed by atoms with Gasteiger partial charge in [0, 0.05) is 24.3 Å². The largest absolute Gasteiger partial charge is 0.550 e. The van der Waals surface area contributed by atoms with Crippen molar-refractivity contribution in [2.75, 3.05) is 11.9 Å². The number of nitrogens with one attached hydrogen (secondary N) is 1. The Morgan fingerprint density at radius 3 is 2.18 bits per heavy atom. The zero-order valence-corrected chi connectivity index (χ0v) is 11.1. The molecule has 2 aromatic carbocycles. The van der Waals surface area contributed by atoms with Crippen LogP contribution >= 0.6 is 0 Å². The van der Waals surface area contributed by atoms with Gasteiger partial charge in [-0.05, 0) is 6.07 Å². The maximum Gasteiger partial charge on any atom is 0.299 e. The van der Waals surface area contributed by atoms with Crippen molar-refractivity contribution in [3.8, 4) is 0 Å². The molecule has 9 nitrogen and oxygen atoms in total. The highest BCUT2D eigenvalue weighted by atomic mass is 16.6. The number of fused-ring (bicyclic) bond motifs is 1. The minimum atomic E-state index is -1.30. The first kappa shape index (κ1) is 15.2. The number of nitro groups is 2. The predicted octanol–water partition coefficient (Wildman–Crippen LogP) is 1.21. The Hall–Kier alpha value is -3.23. The second kappa shape index (κ2) is 6.04. The average Bonchev–Trinajstić information content (AvgIpc) is 2.46. The molecule has 0 aromatic heterocycles. The molecular formula is C13H10N3O6-. The lowest BCUT2D eigenvalue weighted by molar-refractivity contribution is -0.392. The monoisotopic (exact) mass is 304 g/mol. The Morgan fingerprint density at radius 1 is 1.05 bits per heavy atom. The summed E-state index contributed by atoms with van der Waals surface area (Å²) in [6.07, 6.45) is -0.345. The fourth-order valence-electron chi connectivity index (χ4n) is 2.11. The third-order valence-corrected chi connectivity index (χ3v) is 3.03. The van der Waals surface area contributed by atoms with Crippen LogP contribution in [0, 0.1) is 20.2 Å². The van der Waals surface area contributed by atoms with E-state index in [1.165, 1.54) is 12.1 Å². The van der Waals surface area contributed by atoms with Crippen molar-refractivity contribution in [2.24, 2.45) is 0 Å². The minimum Gasteiger partial charge on any atom is -0.550 e. The fourth-order valence-corrected chi connectivity index (χ4v) is 2.11. The molecule has 0 heterocycles. The van der Waals surface area contributed by atoms with Crippen LogP contribution in [-0.2, 0) is 4.79 Å². The van der Waals surface area contributed by atoms with Crippen LogP contribution in [0.4, 0.5) is 17.1 Å². The number of hydrogen-bond acceptors (Lipinski definition) is 7. The van der Waals surface area contributed by atoms with Gasteiger partial charge in [-0.1, -0.05) is 18.2 Å². The van der Waals surface area contributed by atoms with Crippen molar-refractivity contribution in [3.05, 3.63) is 50.6 Å². The molecule has 0 aliphatic heterocycles. The second-order valence-electron chi connectivity index (χ2n) is 4.40. The molecule has 114 valence electrons. The SMILES string of the molecule is O=C([O-])CCNc1c([N+](=O)[O-])cc([N+](=O)[O-])c2ccccc12. The topological polar surface area (TPSA) is 138 Å². The van der Waals surface area contributed by atoms with E-state index in [9.17, 15) is 30.1 Å². The summed E-state index contributed by atoms with van der Waals surface area (Å²) in [5.74, 6) is -1.30. The van der Waals surface area contributed by atoms with E-state index < -0.39 is 21.5 Å². The number of carbonyl (C=O) groups is 1. The molecule has 0 atom stereocenters. The number of carboxylic acids is 1. The van der Waals surface area contributed by atoms with E-state index >= 15 is 0 Å². The van der Waals surface area contributed by atoms with Gasteiger partial charge in [0.1, 0.15) is 5.69 Å². The molecule has 0 amide bonds. The van der Waals surface area contributed by atoms with E-state index in [1.54, 1.807) is 12.1 Å². The first-order chi connectivity index (χ1) is 10.4. The van der Waals surface area contributed by atoms with Gasteiger partial charge in [0.15, 0.2) is 0 Å². The molecule has 0 aliphatic carbocycles. The lowest BCUT2D eigenvalue weighted by Crippen LogP contribution is -2.24. The standard InChI is InChI=1S/C13H11N3O6/c17-12(18)5-6-14-13-9-4-2-1-3-8(9)10(15(19)20)7-11(13)16(21)22/h1-4,7,14H,5-6H2,(H,17,18)/p-1. The van der Waals surface area contributed by atoms with E-state index in [4.69, 9.17) is 0 Å². The Balaban J connectivity index is 2.63. The number of hydrogen-bond donors (Lipinski definition) is 1. The van der Waals surface area contributed by atoms with Gasteiger partial charge < -0.3 is 15.2 Å². The summed E-state index contributed by atoms with van der Waals surface area (Å²) in [7, 11) is 0.